The van der Waals surface area contributed by atoms with Gasteiger partial charge in [0.15, 0.2) is 0 Å². The fourth-order valence-electron chi connectivity index (χ4n) is 2.43. The molecule has 0 aromatic carbocycles. The average Bonchev–Trinajstić information content (AvgIpc) is 2.68. The van der Waals surface area contributed by atoms with Crippen molar-refractivity contribution in [2.75, 3.05) is 13.2 Å². The molecule has 1 fully saturated rings. The maximum Gasteiger partial charge on any atom is 0.245 e. The minimum absolute atomic E-state index is 0.0642. The first-order chi connectivity index (χ1) is 9.43. The van der Waals surface area contributed by atoms with Gasteiger partial charge >= 0.3 is 0 Å². The Bertz CT molecular complexity index is 518. The molecule has 3 N–H and O–H groups in total. The van der Waals surface area contributed by atoms with Gasteiger partial charge < -0.3 is 15.8 Å². The second-order valence-corrected chi connectivity index (χ2v) is 5.24. The first-order valence-electron chi connectivity index (χ1n) is 6.63. The minimum Gasteiger partial charge on any atom is -0.378 e. The van der Waals surface area contributed by atoms with E-state index in [1.54, 1.807) is 4.68 Å². The van der Waals surface area contributed by atoms with E-state index in [9.17, 15) is 9.59 Å². The molecule has 2 heterocycles. The molecule has 0 aliphatic carbocycles. The van der Waals surface area contributed by atoms with Crippen LogP contribution in [0.25, 0.3) is 0 Å². The van der Waals surface area contributed by atoms with Crippen molar-refractivity contribution in [3.63, 3.8) is 0 Å². The fourth-order valence-corrected chi connectivity index (χ4v) is 2.43. The quantitative estimate of drug-likeness (QED) is 0.787. The topological polar surface area (TPSA) is 99.2 Å². The van der Waals surface area contributed by atoms with Crippen LogP contribution in [0.5, 0.6) is 0 Å². The van der Waals surface area contributed by atoms with E-state index < -0.39 is 11.4 Å². The van der Waals surface area contributed by atoms with Gasteiger partial charge in [-0.3, -0.25) is 14.3 Å². The largest absolute Gasteiger partial charge is 0.378 e. The van der Waals surface area contributed by atoms with E-state index in [0.717, 1.165) is 11.4 Å². The molecule has 2 amide bonds. The lowest BCUT2D eigenvalue weighted by atomic mass is 9.91. The first-order valence-corrected chi connectivity index (χ1v) is 6.63. The fraction of sp³-hybridized carbons (Fsp3) is 0.615. The molecule has 7 heteroatoms. The van der Waals surface area contributed by atoms with Crippen LogP contribution in [-0.2, 0) is 20.9 Å². The molecule has 0 radical (unpaired) electrons. The van der Waals surface area contributed by atoms with Gasteiger partial charge in [-0.05, 0) is 32.8 Å². The molecule has 1 aromatic heterocycles. The molecule has 7 nitrogen and oxygen atoms in total. The van der Waals surface area contributed by atoms with E-state index in [4.69, 9.17) is 10.5 Å². The van der Waals surface area contributed by atoms with Gasteiger partial charge in [0, 0.05) is 12.3 Å². The Morgan fingerprint density at radius 1 is 1.55 bits per heavy atom. The van der Waals surface area contributed by atoms with Crippen LogP contribution >= 0.6 is 0 Å². The summed E-state index contributed by atoms with van der Waals surface area (Å²) in [6.07, 6.45) is 1.20. The predicted molar refractivity (Wildman–Crippen MR) is 71.8 cm³/mol. The third kappa shape index (κ3) is 2.98. The lowest BCUT2D eigenvalue weighted by molar-refractivity contribution is -0.137. The van der Waals surface area contributed by atoms with Crippen molar-refractivity contribution in [3.8, 4) is 0 Å². The van der Waals surface area contributed by atoms with Gasteiger partial charge in [-0.15, -0.1) is 0 Å². The Labute approximate surface area is 117 Å². The molecule has 2 rings (SSSR count). The Kier molecular flexibility index (Phi) is 4.08. The molecule has 1 unspecified atom stereocenters. The summed E-state index contributed by atoms with van der Waals surface area (Å²) in [6, 6.07) is 1.89. The normalized spacial score (nSPS) is 22.5. The molecule has 110 valence electrons. The van der Waals surface area contributed by atoms with Crippen LogP contribution in [0.3, 0.4) is 0 Å². The molecule has 20 heavy (non-hydrogen) atoms. The van der Waals surface area contributed by atoms with E-state index in [0.29, 0.717) is 19.4 Å². The standard InChI is InChI=1S/C13H20N4O3/c1-9-6-10(2)17(16-9)7-11(18)15-13(12(14)19)4-3-5-20-8-13/h6H,3-5,7-8H2,1-2H3,(H2,14,19)(H,15,18). The van der Waals surface area contributed by atoms with Gasteiger partial charge in [0.2, 0.25) is 11.8 Å². The van der Waals surface area contributed by atoms with Gasteiger partial charge in [-0.1, -0.05) is 0 Å². The zero-order chi connectivity index (χ0) is 14.8. The van der Waals surface area contributed by atoms with Crippen LogP contribution in [0, 0.1) is 13.8 Å². The summed E-state index contributed by atoms with van der Waals surface area (Å²) in [5, 5.41) is 6.94. The zero-order valence-electron chi connectivity index (χ0n) is 11.8. The van der Waals surface area contributed by atoms with Crippen molar-refractivity contribution >= 4 is 11.8 Å². The summed E-state index contributed by atoms with van der Waals surface area (Å²) in [5.41, 5.74) is 6.07. The molecule has 0 bridgehead atoms. The molecule has 1 saturated heterocycles. The maximum absolute atomic E-state index is 12.1. The van der Waals surface area contributed by atoms with Crippen molar-refractivity contribution in [2.45, 2.75) is 38.8 Å². The van der Waals surface area contributed by atoms with Crippen LogP contribution in [0.2, 0.25) is 0 Å². The number of ether oxygens (including phenoxy) is 1. The van der Waals surface area contributed by atoms with Crippen LogP contribution < -0.4 is 11.1 Å². The number of primary amides is 1. The Hall–Kier alpha value is -1.89. The van der Waals surface area contributed by atoms with Gasteiger partial charge in [0.05, 0.1) is 12.3 Å². The number of hydrogen-bond acceptors (Lipinski definition) is 4. The Balaban J connectivity index is 2.05. The number of nitrogens with one attached hydrogen (secondary N) is 1. The third-order valence-corrected chi connectivity index (χ3v) is 3.49. The highest BCUT2D eigenvalue weighted by Crippen LogP contribution is 2.19. The monoisotopic (exact) mass is 280 g/mol. The number of carbonyl (C=O) groups is 2. The molecule has 1 aliphatic heterocycles. The van der Waals surface area contributed by atoms with E-state index >= 15 is 0 Å². The van der Waals surface area contributed by atoms with Crippen molar-refractivity contribution in [2.24, 2.45) is 5.73 Å². The highest BCUT2D eigenvalue weighted by atomic mass is 16.5. The van der Waals surface area contributed by atoms with Gasteiger partial charge in [-0.25, -0.2) is 0 Å². The number of hydrogen-bond donors (Lipinski definition) is 2. The Morgan fingerprint density at radius 2 is 2.30 bits per heavy atom. The number of nitrogens with zero attached hydrogens (tertiary/aromatic N) is 2. The van der Waals surface area contributed by atoms with Crippen molar-refractivity contribution in [1.29, 1.82) is 0 Å². The van der Waals surface area contributed by atoms with E-state index in [2.05, 4.69) is 10.4 Å². The number of aromatic nitrogens is 2. The summed E-state index contributed by atoms with van der Waals surface area (Å²) >= 11 is 0. The highest BCUT2D eigenvalue weighted by Gasteiger charge is 2.40. The highest BCUT2D eigenvalue weighted by molar-refractivity contribution is 5.90. The van der Waals surface area contributed by atoms with Crippen molar-refractivity contribution in [3.05, 3.63) is 17.5 Å². The molecular weight excluding hydrogens is 260 g/mol. The van der Waals surface area contributed by atoms with Gasteiger partial charge in [-0.2, -0.15) is 5.10 Å². The summed E-state index contributed by atoms with van der Waals surface area (Å²) in [5.74, 6) is -0.848. The van der Waals surface area contributed by atoms with Crippen molar-refractivity contribution in [1.82, 2.24) is 15.1 Å². The summed E-state index contributed by atoms with van der Waals surface area (Å²) in [7, 11) is 0. The smallest absolute Gasteiger partial charge is 0.245 e. The molecule has 1 aliphatic rings. The van der Waals surface area contributed by atoms with Crippen molar-refractivity contribution < 1.29 is 14.3 Å². The first kappa shape index (κ1) is 14.5. The second-order valence-electron chi connectivity index (χ2n) is 5.24. The molecular formula is C13H20N4O3. The molecule has 1 atom stereocenters. The minimum atomic E-state index is -1.09. The van der Waals surface area contributed by atoms with Crippen LogP contribution in [0.15, 0.2) is 6.07 Å². The summed E-state index contributed by atoms with van der Waals surface area (Å²) in [4.78, 5) is 23.8. The number of carbonyl (C=O) groups excluding carboxylic acids is 2. The van der Waals surface area contributed by atoms with Crippen LogP contribution in [-0.4, -0.2) is 40.3 Å². The van der Waals surface area contributed by atoms with E-state index in [1.165, 1.54) is 0 Å². The summed E-state index contributed by atoms with van der Waals surface area (Å²) in [6.45, 7) is 4.52. The summed E-state index contributed by atoms with van der Waals surface area (Å²) < 4.78 is 6.89. The second kappa shape index (κ2) is 5.62. The zero-order valence-corrected chi connectivity index (χ0v) is 11.8. The van der Waals surface area contributed by atoms with Crippen LogP contribution in [0.1, 0.15) is 24.2 Å². The maximum atomic E-state index is 12.1. The molecule has 1 aromatic rings. The predicted octanol–water partition coefficient (Wildman–Crippen LogP) is -0.349. The number of rotatable bonds is 4. The lowest BCUT2D eigenvalue weighted by Gasteiger charge is -2.34. The number of amides is 2. The SMILES string of the molecule is Cc1cc(C)n(CC(=O)NC2(C(N)=O)CCCOC2)n1. The lowest BCUT2D eigenvalue weighted by Crippen LogP contribution is -2.62. The van der Waals surface area contributed by atoms with Gasteiger partial charge in [0.25, 0.3) is 0 Å². The molecule has 0 spiro atoms. The number of nitrogens with two attached hydrogens (primary N) is 1. The van der Waals surface area contributed by atoms with Gasteiger partial charge in [0.1, 0.15) is 12.1 Å². The average molecular weight is 280 g/mol. The molecule has 0 saturated carbocycles. The Morgan fingerprint density at radius 3 is 2.80 bits per heavy atom. The van der Waals surface area contributed by atoms with Crippen LogP contribution in [0.4, 0.5) is 0 Å². The third-order valence-electron chi connectivity index (χ3n) is 3.49. The van der Waals surface area contributed by atoms with E-state index in [1.807, 2.05) is 19.9 Å². The number of aryl methyl sites for hydroxylation is 2. The van der Waals surface area contributed by atoms with E-state index in [-0.39, 0.29) is 19.1 Å².